The molecule has 0 aromatic rings. The van der Waals surface area contributed by atoms with Gasteiger partial charge in [-0.05, 0) is 6.42 Å². The van der Waals surface area contributed by atoms with Gasteiger partial charge in [0.1, 0.15) is 0 Å². The number of carbonyl (C=O) groups excluding carboxylic acids is 1. The van der Waals surface area contributed by atoms with Gasteiger partial charge >= 0.3 is 5.97 Å². The van der Waals surface area contributed by atoms with E-state index in [-0.39, 0.29) is 31.7 Å². The molecule has 26 heavy (non-hydrogen) atoms. The zero-order valence-corrected chi connectivity index (χ0v) is 17.2. The van der Waals surface area contributed by atoms with Gasteiger partial charge in [-0.2, -0.15) is 0 Å². The van der Waals surface area contributed by atoms with E-state index in [1.54, 1.807) is 0 Å². The number of hydrogen-bond acceptors (Lipinski definition) is 4. The molecular weight excluding hydrogens is 328 g/mol. The van der Waals surface area contributed by atoms with E-state index in [0.29, 0.717) is 6.42 Å². The molecule has 0 aliphatic rings. The van der Waals surface area contributed by atoms with Gasteiger partial charge in [0.05, 0.1) is 19.8 Å². The molecule has 0 rings (SSSR count). The van der Waals surface area contributed by atoms with E-state index in [1.807, 2.05) is 0 Å². The van der Waals surface area contributed by atoms with Crippen molar-refractivity contribution in [1.82, 2.24) is 0 Å². The summed E-state index contributed by atoms with van der Waals surface area (Å²) in [5.74, 6) is -0.563. The molecule has 0 spiro atoms. The first-order valence-electron chi connectivity index (χ1n) is 11.1. The summed E-state index contributed by atoms with van der Waals surface area (Å²) in [7, 11) is 0. The maximum absolute atomic E-state index is 11.5. The molecule has 0 saturated heterocycles. The van der Waals surface area contributed by atoms with Gasteiger partial charge in [-0.25, -0.2) is 0 Å². The molecule has 0 aromatic carbocycles. The van der Waals surface area contributed by atoms with E-state index in [2.05, 4.69) is 6.92 Å². The minimum Gasteiger partial charge on any atom is -0.465 e. The summed E-state index contributed by atoms with van der Waals surface area (Å²) >= 11 is 0. The average Bonchev–Trinajstić information content (AvgIpc) is 2.65. The number of ether oxygens (including phenoxy) is 1. The Morgan fingerprint density at radius 2 is 1.08 bits per heavy atom. The smallest absolute Gasteiger partial charge is 0.305 e. The lowest BCUT2D eigenvalue weighted by Crippen LogP contribution is -2.20. The minimum atomic E-state index is -0.347. The highest BCUT2D eigenvalue weighted by atomic mass is 16.5. The van der Waals surface area contributed by atoms with Gasteiger partial charge in [-0.1, -0.05) is 96.8 Å². The largest absolute Gasteiger partial charge is 0.465 e. The molecule has 2 N–H and O–H groups in total. The van der Waals surface area contributed by atoms with Crippen molar-refractivity contribution in [2.75, 3.05) is 19.8 Å². The van der Waals surface area contributed by atoms with Crippen molar-refractivity contribution in [3.8, 4) is 0 Å². The average molecular weight is 373 g/mol. The Labute approximate surface area is 161 Å². The van der Waals surface area contributed by atoms with E-state index in [4.69, 9.17) is 14.9 Å². The monoisotopic (exact) mass is 372 g/mol. The van der Waals surface area contributed by atoms with Crippen molar-refractivity contribution in [3.05, 3.63) is 0 Å². The SMILES string of the molecule is CCCCCCCCCCCCCCCCCC(=O)OCC(CO)CO. The first-order valence-corrected chi connectivity index (χ1v) is 11.1. The molecule has 0 radical (unpaired) electrons. The van der Waals surface area contributed by atoms with E-state index in [1.165, 1.54) is 83.5 Å². The van der Waals surface area contributed by atoms with Crippen molar-refractivity contribution in [1.29, 1.82) is 0 Å². The number of aliphatic hydroxyl groups is 2. The predicted octanol–water partition coefficient (Wildman–Crippen LogP) is 5.39. The second kappa shape index (κ2) is 20.7. The summed E-state index contributed by atoms with van der Waals surface area (Å²) in [5.41, 5.74) is 0. The molecule has 0 fully saturated rings. The summed E-state index contributed by atoms with van der Waals surface area (Å²) < 4.78 is 5.05. The van der Waals surface area contributed by atoms with E-state index in [9.17, 15) is 4.79 Å². The summed E-state index contributed by atoms with van der Waals surface area (Å²) in [4.78, 5) is 11.5. The normalized spacial score (nSPS) is 11.2. The van der Waals surface area contributed by atoms with Crippen LogP contribution in [0.4, 0.5) is 0 Å². The molecule has 0 saturated carbocycles. The third-order valence-corrected chi connectivity index (χ3v) is 4.98. The van der Waals surface area contributed by atoms with Crippen LogP contribution in [-0.2, 0) is 9.53 Å². The molecule has 4 nitrogen and oxygen atoms in total. The third-order valence-electron chi connectivity index (χ3n) is 4.98. The number of aliphatic hydroxyl groups excluding tert-OH is 2. The molecule has 0 amide bonds. The van der Waals surface area contributed by atoms with Crippen LogP contribution in [0.2, 0.25) is 0 Å². The molecule has 0 bridgehead atoms. The maximum Gasteiger partial charge on any atom is 0.305 e. The number of hydrogen-bond donors (Lipinski definition) is 2. The minimum absolute atomic E-state index is 0.116. The lowest BCUT2D eigenvalue weighted by molar-refractivity contribution is -0.146. The van der Waals surface area contributed by atoms with Gasteiger partial charge in [-0.15, -0.1) is 0 Å². The molecule has 0 heterocycles. The van der Waals surface area contributed by atoms with Crippen LogP contribution in [0.5, 0.6) is 0 Å². The number of unbranched alkanes of at least 4 members (excludes halogenated alkanes) is 14. The molecule has 4 heteroatoms. The Kier molecular flexibility index (Phi) is 20.2. The van der Waals surface area contributed by atoms with E-state index < -0.39 is 0 Å². The summed E-state index contributed by atoms with van der Waals surface area (Å²) in [6.07, 6.45) is 20.1. The van der Waals surface area contributed by atoms with Crippen molar-refractivity contribution in [2.45, 2.75) is 110 Å². The van der Waals surface area contributed by atoms with E-state index in [0.717, 1.165) is 12.8 Å². The second-order valence-electron chi connectivity index (χ2n) is 7.61. The van der Waals surface area contributed by atoms with Crippen molar-refractivity contribution in [3.63, 3.8) is 0 Å². The molecule has 0 unspecified atom stereocenters. The van der Waals surface area contributed by atoms with Gasteiger partial charge in [0.25, 0.3) is 0 Å². The highest BCUT2D eigenvalue weighted by Crippen LogP contribution is 2.13. The van der Waals surface area contributed by atoms with Crippen LogP contribution in [0, 0.1) is 5.92 Å². The van der Waals surface area contributed by atoms with Crippen molar-refractivity contribution < 1.29 is 19.7 Å². The topological polar surface area (TPSA) is 66.8 Å². The molecule has 0 aliphatic heterocycles. The van der Waals surface area contributed by atoms with E-state index >= 15 is 0 Å². The lowest BCUT2D eigenvalue weighted by Gasteiger charge is -2.11. The van der Waals surface area contributed by atoms with Gasteiger partial charge < -0.3 is 14.9 Å². The van der Waals surface area contributed by atoms with Crippen LogP contribution in [0.1, 0.15) is 110 Å². The Balaban J connectivity index is 3.18. The first-order chi connectivity index (χ1) is 12.7. The number of carbonyl (C=O) groups is 1. The van der Waals surface area contributed by atoms with Gasteiger partial charge in [0.2, 0.25) is 0 Å². The Hall–Kier alpha value is -0.610. The molecule has 0 atom stereocenters. The highest BCUT2D eigenvalue weighted by Gasteiger charge is 2.09. The fourth-order valence-corrected chi connectivity index (χ4v) is 3.09. The Morgan fingerprint density at radius 1 is 0.692 bits per heavy atom. The van der Waals surface area contributed by atoms with Crippen LogP contribution in [0.3, 0.4) is 0 Å². The Morgan fingerprint density at radius 3 is 1.46 bits per heavy atom. The van der Waals surface area contributed by atoms with Crippen LogP contribution in [0.25, 0.3) is 0 Å². The third kappa shape index (κ3) is 18.2. The fourth-order valence-electron chi connectivity index (χ4n) is 3.09. The zero-order valence-electron chi connectivity index (χ0n) is 17.2. The second-order valence-corrected chi connectivity index (χ2v) is 7.61. The van der Waals surface area contributed by atoms with Crippen molar-refractivity contribution in [2.24, 2.45) is 5.92 Å². The van der Waals surface area contributed by atoms with Gasteiger partial charge in [0, 0.05) is 12.3 Å². The van der Waals surface area contributed by atoms with Crippen LogP contribution in [-0.4, -0.2) is 36.0 Å². The van der Waals surface area contributed by atoms with Gasteiger partial charge in [0.15, 0.2) is 0 Å². The maximum atomic E-state index is 11.5. The van der Waals surface area contributed by atoms with Crippen LogP contribution < -0.4 is 0 Å². The predicted molar refractivity (Wildman–Crippen MR) is 108 cm³/mol. The zero-order chi connectivity index (χ0) is 19.3. The molecular formula is C22H44O4. The lowest BCUT2D eigenvalue weighted by atomic mass is 10.0. The summed E-state index contributed by atoms with van der Waals surface area (Å²) in [5, 5.41) is 17.8. The summed E-state index contributed by atoms with van der Waals surface area (Å²) in [6.45, 7) is 2.08. The Bertz CT molecular complexity index is 290. The number of rotatable bonds is 20. The molecule has 0 aromatic heterocycles. The fraction of sp³-hybridized carbons (Fsp3) is 0.955. The standard InChI is InChI=1S/C22H44O4/c1-2-3-4-5-6-7-8-9-10-11-12-13-14-15-16-17-22(25)26-20-21(18-23)19-24/h21,23-24H,2-20H2,1H3. The molecule has 0 aliphatic carbocycles. The molecule has 156 valence electrons. The van der Waals surface area contributed by atoms with Crippen LogP contribution in [0.15, 0.2) is 0 Å². The first kappa shape index (κ1) is 25.4. The quantitative estimate of drug-likeness (QED) is 0.222. The van der Waals surface area contributed by atoms with Crippen LogP contribution >= 0.6 is 0 Å². The highest BCUT2D eigenvalue weighted by molar-refractivity contribution is 5.69. The number of esters is 1. The van der Waals surface area contributed by atoms with Gasteiger partial charge in [-0.3, -0.25) is 4.79 Å². The summed E-state index contributed by atoms with van der Waals surface area (Å²) in [6, 6.07) is 0. The van der Waals surface area contributed by atoms with Crippen molar-refractivity contribution >= 4 is 5.97 Å².